The number of halogens is 2. The SMILES string of the molecule is NC(=O)c1c(-c2ccc(F)c(Cl)c2)nn2c1CN(C(=O)CC1CCC1)CC2. The summed E-state index contributed by atoms with van der Waals surface area (Å²) in [6, 6.07) is 4.17. The summed E-state index contributed by atoms with van der Waals surface area (Å²) < 4.78 is 15.2. The van der Waals surface area contributed by atoms with Crippen molar-refractivity contribution in [2.24, 2.45) is 11.7 Å². The number of primary amides is 1. The summed E-state index contributed by atoms with van der Waals surface area (Å²) in [6.45, 7) is 1.33. The normalized spacial score (nSPS) is 16.7. The second-order valence-corrected chi connectivity index (χ2v) is 7.61. The first-order valence-corrected chi connectivity index (χ1v) is 9.44. The molecule has 0 spiro atoms. The van der Waals surface area contributed by atoms with Crippen molar-refractivity contribution >= 4 is 23.4 Å². The van der Waals surface area contributed by atoms with Crippen molar-refractivity contribution in [1.82, 2.24) is 14.7 Å². The van der Waals surface area contributed by atoms with Crippen LogP contribution in [0.1, 0.15) is 41.7 Å². The van der Waals surface area contributed by atoms with Crippen LogP contribution in [0.2, 0.25) is 5.02 Å². The minimum absolute atomic E-state index is 0.0498. The fraction of sp³-hybridized carbons (Fsp3) is 0.421. The fourth-order valence-electron chi connectivity index (χ4n) is 3.71. The lowest BCUT2D eigenvalue weighted by Gasteiger charge is -2.31. The molecule has 2 amide bonds. The van der Waals surface area contributed by atoms with E-state index in [0.29, 0.717) is 48.9 Å². The first kappa shape index (κ1) is 18.0. The zero-order valence-electron chi connectivity index (χ0n) is 14.8. The highest BCUT2D eigenvalue weighted by atomic mass is 35.5. The Morgan fingerprint density at radius 1 is 1.30 bits per heavy atom. The molecule has 0 unspecified atom stereocenters. The van der Waals surface area contributed by atoms with E-state index in [1.54, 1.807) is 9.58 Å². The molecule has 6 nitrogen and oxygen atoms in total. The third-order valence-corrected chi connectivity index (χ3v) is 5.75. The van der Waals surface area contributed by atoms with E-state index in [4.69, 9.17) is 17.3 Å². The standard InChI is InChI=1S/C19H20ClFN4O2/c20-13-9-12(4-5-14(13)21)18-17(19(22)27)15-10-24(6-7-25(15)23-18)16(26)8-11-2-1-3-11/h4-5,9,11H,1-3,6-8,10H2,(H2,22,27). The smallest absolute Gasteiger partial charge is 0.252 e. The van der Waals surface area contributed by atoms with Gasteiger partial charge in [-0.15, -0.1) is 0 Å². The van der Waals surface area contributed by atoms with Crippen LogP contribution in [0.5, 0.6) is 0 Å². The molecule has 1 aromatic carbocycles. The Morgan fingerprint density at radius 3 is 2.70 bits per heavy atom. The molecular formula is C19H20ClFN4O2. The summed E-state index contributed by atoms with van der Waals surface area (Å²) in [6.07, 6.45) is 3.97. The van der Waals surface area contributed by atoms with Crippen molar-refractivity contribution in [2.75, 3.05) is 6.54 Å². The van der Waals surface area contributed by atoms with E-state index in [-0.39, 0.29) is 16.5 Å². The van der Waals surface area contributed by atoms with Crippen LogP contribution in [0.4, 0.5) is 4.39 Å². The van der Waals surface area contributed by atoms with Gasteiger partial charge in [0.2, 0.25) is 5.91 Å². The highest BCUT2D eigenvalue weighted by Crippen LogP contribution is 2.33. The number of nitrogens with two attached hydrogens (primary N) is 1. The Morgan fingerprint density at radius 2 is 2.07 bits per heavy atom. The van der Waals surface area contributed by atoms with Crippen molar-refractivity contribution in [3.63, 3.8) is 0 Å². The fourth-order valence-corrected chi connectivity index (χ4v) is 3.89. The molecule has 0 atom stereocenters. The van der Waals surface area contributed by atoms with Crippen LogP contribution in [-0.4, -0.2) is 33.0 Å². The van der Waals surface area contributed by atoms with E-state index in [9.17, 15) is 14.0 Å². The average Bonchev–Trinajstić information content (AvgIpc) is 2.99. The highest BCUT2D eigenvalue weighted by Gasteiger charge is 2.31. The molecular weight excluding hydrogens is 371 g/mol. The van der Waals surface area contributed by atoms with Crippen molar-refractivity contribution in [2.45, 2.75) is 38.8 Å². The van der Waals surface area contributed by atoms with E-state index >= 15 is 0 Å². The van der Waals surface area contributed by atoms with Crippen LogP contribution in [0.15, 0.2) is 18.2 Å². The van der Waals surface area contributed by atoms with Gasteiger partial charge in [-0.1, -0.05) is 18.0 Å². The predicted molar refractivity (Wildman–Crippen MR) is 98.5 cm³/mol. The van der Waals surface area contributed by atoms with Gasteiger partial charge in [0.1, 0.15) is 11.5 Å². The van der Waals surface area contributed by atoms with Crippen LogP contribution in [0, 0.1) is 11.7 Å². The summed E-state index contributed by atoms with van der Waals surface area (Å²) in [5.74, 6) is -0.580. The van der Waals surface area contributed by atoms with Gasteiger partial charge in [-0.05, 0) is 37.0 Å². The zero-order valence-corrected chi connectivity index (χ0v) is 15.5. The van der Waals surface area contributed by atoms with E-state index < -0.39 is 11.7 Å². The minimum atomic E-state index is -0.625. The maximum atomic E-state index is 13.5. The number of carbonyl (C=O) groups excluding carboxylic acids is 2. The Bertz CT molecular complexity index is 923. The topological polar surface area (TPSA) is 81.2 Å². The predicted octanol–water partition coefficient (Wildman–Crippen LogP) is 2.97. The molecule has 142 valence electrons. The van der Waals surface area contributed by atoms with Gasteiger partial charge in [0.05, 0.1) is 29.4 Å². The number of carbonyl (C=O) groups is 2. The number of amides is 2. The molecule has 0 saturated heterocycles. The molecule has 0 bridgehead atoms. The first-order valence-electron chi connectivity index (χ1n) is 9.06. The molecule has 2 aliphatic rings. The minimum Gasteiger partial charge on any atom is -0.365 e. The lowest BCUT2D eigenvalue weighted by atomic mass is 9.82. The quantitative estimate of drug-likeness (QED) is 0.871. The average molecular weight is 391 g/mol. The second kappa shape index (κ2) is 6.96. The monoisotopic (exact) mass is 390 g/mol. The number of benzene rings is 1. The largest absolute Gasteiger partial charge is 0.365 e. The van der Waals surface area contributed by atoms with E-state index in [0.717, 1.165) is 12.8 Å². The Kier molecular flexibility index (Phi) is 4.63. The Labute approximate surface area is 161 Å². The van der Waals surface area contributed by atoms with Crippen LogP contribution in [0.3, 0.4) is 0 Å². The van der Waals surface area contributed by atoms with Gasteiger partial charge in [-0.25, -0.2) is 4.39 Å². The van der Waals surface area contributed by atoms with Gasteiger partial charge < -0.3 is 10.6 Å². The van der Waals surface area contributed by atoms with Crippen molar-refractivity contribution < 1.29 is 14.0 Å². The van der Waals surface area contributed by atoms with E-state index in [2.05, 4.69) is 5.10 Å². The van der Waals surface area contributed by atoms with Crippen LogP contribution < -0.4 is 5.73 Å². The molecule has 2 heterocycles. The van der Waals surface area contributed by atoms with Crippen LogP contribution in [0.25, 0.3) is 11.3 Å². The summed E-state index contributed by atoms with van der Waals surface area (Å²) in [4.78, 5) is 26.5. The third-order valence-electron chi connectivity index (χ3n) is 5.46. The molecule has 2 aromatic rings. The maximum Gasteiger partial charge on any atom is 0.252 e. The number of rotatable bonds is 4. The number of fused-ring (bicyclic) bond motifs is 1. The molecule has 2 N–H and O–H groups in total. The molecule has 4 rings (SSSR count). The number of hydrogen-bond donors (Lipinski definition) is 1. The molecule has 1 fully saturated rings. The summed E-state index contributed by atoms with van der Waals surface area (Å²) in [7, 11) is 0. The van der Waals surface area contributed by atoms with Crippen LogP contribution in [-0.2, 0) is 17.9 Å². The third kappa shape index (κ3) is 3.32. The van der Waals surface area contributed by atoms with Crippen molar-refractivity contribution in [3.8, 4) is 11.3 Å². The van der Waals surface area contributed by atoms with Crippen molar-refractivity contribution in [1.29, 1.82) is 0 Å². The molecule has 27 heavy (non-hydrogen) atoms. The maximum absolute atomic E-state index is 13.5. The summed E-state index contributed by atoms with van der Waals surface area (Å²) in [5, 5.41) is 4.44. The second-order valence-electron chi connectivity index (χ2n) is 7.20. The molecule has 1 aliphatic heterocycles. The van der Waals surface area contributed by atoms with Gasteiger partial charge in [-0.2, -0.15) is 5.10 Å². The molecule has 1 saturated carbocycles. The Hall–Kier alpha value is -2.41. The molecule has 1 aliphatic carbocycles. The summed E-state index contributed by atoms with van der Waals surface area (Å²) >= 11 is 5.88. The van der Waals surface area contributed by atoms with Crippen molar-refractivity contribution in [3.05, 3.63) is 40.3 Å². The molecule has 0 radical (unpaired) electrons. The van der Waals surface area contributed by atoms with Gasteiger partial charge in [-0.3, -0.25) is 14.3 Å². The van der Waals surface area contributed by atoms with E-state index in [1.807, 2.05) is 0 Å². The number of hydrogen-bond acceptors (Lipinski definition) is 3. The van der Waals surface area contributed by atoms with Gasteiger partial charge in [0.25, 0.3) is 5.91 Å². The van der Waals surface area contributed by atoms with E-state index in [1.165, 1.54) is 24.6 Å². The molecule has 8 heteroatoms. The highest BCUT2D eigenvalue weighted by molar-refractivity contribution is 6.31. The molecule has 1 aromatic heterocycles. The van der Waals surface area contributed by atoms with Gasteiger partial charge in [0.15, 0.2) is 0 Å². The number of aromatic nitrogens is 2. The zero-order chi connectivity index (χ0) is 19.1. The summed E-state index contributed by atoms with van der Waals surface area (Å²) in [5.41, 5.74) is 7.38. The Balaban J connectivity index is 1.66. The van der Waals surface area contributed by atoms with Gasteiger partial charge >= 0.3 is 0 Å². The lowest BCUT2D eigenvalue weighted by molar-refractivity contribution is -0.134. The number of nitrogens with zero attached hydrogens (tertiary/aromatic N) is 3. The first-order chi connectivity index (χ1) is 12.9. The van der Waals surface area contributed by atoms with Crippen LogP contribution >= 0.6 is 11.6 Å². The van der Waals surface area contributed by atoms with Gasteiger partial charge in [0, 0.05) is 18.5 Å². The lowest BCUT2D eigenvalue weighted by Crippen LogP contribution is -2.40.